The first-order valence-electron chi connectivity index (χ1n) is 18.8. The Hall–Kier alpha value is -7.70. The fraction of sp³-hybridized carbons (Fsp3) is 0. The van der Waals surface area contributed by atoms with E-state index in [1.165, 1.54) is 21.5 Å². The van der Waals surface area contributed by atoms with Gasteiger partial charge in [-0.2, -0.15) is 0 Å². The zero-order valence-corrected chi connectivity index (χ0v) is 30.0. The number of furan rings is 1. The Kier molecular flexibility index (Phi) is 6.53. The van der Waals surface area contributed by atoms with Crippen LogP contribution in [0.3, 0.4) is 0 Å². The van der Waals surface area contributed by atoms with E-state index in [1.54, 1.807) is 0 Å². The summed E-state index contributed by atoms with van der Waals surface area (Å²) in [6, 6.07) is 66.0. The number of rotatable bonds is 5. The van der Waals surface area contributed by atoms with Gasteiger partial charge in [-0.3, -0.25) is 0 Å². The molecule has 0 aliphatic rings. The molecule has 6 nitrogen and oxygen atoms in total. The molecule has 0 unspecified atom stereocenters. The molecule has 0 atom stereocenters. The Morgan fingerprint density at radius 2 is 1.00 bits per heavy atom. The molecule has 4 aromatic heterocycles. The van der Waals surface area contributed by atoms with Gasteiger partial charge in [-0.25, -0.2) is 9.67 Å². The Morgan fingerprint density at radius 3 is 1.79 bits per heavy atom. The number of hydrogen-bond donors (Lipinski definition) is 0. The van der Waals surface area contributed by atoms with Crippen molar-refractivity contribution >= 4 is 65.6 Å². The van der Waals surface area contributed by atoms with Crippen molar-refractivity contribution < 1.29 is 4.42 Å². The lowest BCUT2D eigenvalue weighted by Gasteiger charge is -2.14. The van der Waals surface area contributed by atoms with Crippen molar-refractivity contribution in [2.45, 2.75) is 0 Å². The molecular formula is C50H31N5O. The lowest BCUT2D eigenvalue weighted by Crippen LogP contribution is -2.01. The fourth-order valence-corrected chi connectivity index (χ4v) is 8.65. The number of para-hydroxylation sites is 3. The zero-order chi connectivity index (χ0) is 36.7. The number of fused-ring (bicyclic) bond motifs is 10. The van der Waals surface area contributed by atoms with Gasteiger partial charge in [0.05, 0.1) is 33.1 Å². The van der Waals surface area contributed by atoms with E-state index in [9.17, 15) is 0 Å². The van der Waals surface area contributed by atoms with Crippen LogP contribution in [0.2, 0.25) is 0 Å². The Labute approximate surface area is 320 Å². The minimum Gasteiger partial charge on any atom is -0.456 e. The molecule has 6 heteroatoms. The highest BCUT2D eigenvalue weighted by Crippen LogP contribution is 2.42. The molecule has 0 bridgehead atoms. The third-order valence-corrected chi connectivity index (χ3v) is 11.1. The van der Waals surface area contributed by atoms with Crippen LogP contribution in [-0.4, -0.2) is 23.9 Å². The van der Waals surface area contributed by atoms with Crippen LogP contribution in [0.25, 0.3) is 105 Å². The van der Waals surface area contributed by atoms with Gasteiger partial charge in [0.1, 0.15) is 11.2 Å². The van der Waals surface area contributed by atoms with E-state index in [0.717, 1.165) is 78.0 Å². The lowest BCUT2D eigenvalue weighted by molar-refractivity contribution is 0.669. The van der Waals surface area contributed by atoms with Crippen LogP contribution in [0, 0.1) is 0 Å². The van der Waals surface area contributed by atoms with E-state index in [2.05, 4.69) is 155 Å². The van der Waals surface area contributed by atoms with E-state index in [0.29, 0.717) is 5.82 Å². The second-order valence-corrected chi connectivity index (χ2v) is 14.3. The second kappa shape index (κ2) is 11.9. The molecule has 0 N–H and O–H groups in total. The van der Waals surface area contributed by atoms with Crippen LogP contribution in [0.1, 0.15) is 0 Å². The first-order chi connectivity index (χ1) is 27.8. The van der Waals surface area contributed by atoms with E-state index in [-0.39, 0.29) is 0 Å². The highest BCUT2D eigenvalue weighted by molar-refractivity contribution is 6.24. The smallest absolute Gasteiger partial charge is 0.182 e. The Bertz CT molecular complexity index is 3480. The van der Waals surface area contributed by atoms with Crippen LogP contribution in [0.15, 0.2) is 192 Å². The highest BCUT2D eigenvalue weighted by atomic mass is 16.3. The van der Waals surface area contributed by atoms with E-state index >= 15 is 0 Å². The first kappa shape index (κ1) is 30.7. The summed E-state index contributed by atoms with van der Waals surface area (Å²) < 4.78 is 13.2. The molecule has 12 rings (SSSR count). The summed E-state index contributed by atoms with van der Waals surface area (Å²) in [7, 11) is 0. The van der Waals surface area contributed by atoms with E-state index < -0.39 is 0 Å². The monoisotopic (exact) mass is 717 g/mol. The predicted octanol–water partition coefficient (Wildman–Crippen LogP) is 12.7. The normalized spacial score (nSPS) is 11.9. The minimum atomic E-state index is 0.684. The molecule has 8 aromatic carbocycles. The molecule has 0 aliphatic heterocycles. The third kappa shape index (κ3) is 4.50. The van der Waals surface area contributed by atoms with Gasteiger partial charge in [-0.05, 0) is 60.7 Å². The van der Waals surface area contributed by atoms with Gasteiger partial charge in [0.15, 0.2) is 11.6 Å². The maximum Gasteiger partial charge on any atom is 0.182 e. The summed E-state index contributed by atoms with van der Waals surface area (Å²) >= 11 is 0. The van der Waals surface area contributed by atoms with Crippen LogP contribution >= 0.6 is 0 Å². The largest absolute Gasteiger partial charge is 0.456 e. The average Bonchev–Trinajstić information content (AvgIpc) is 4.03. The first-order valence-corrected chi connectivity index (χ1v) is 18.8. The molecular weight excluding hydrogens is 687 g/mol. The van der Waals surface area contributed by atoms with Crippen molar-refractivity contribution in [3.63, 3.8) is 0 Å². The highest BCUT2D eigenvalue weighted by Gasteiger charge is 2.21. The number of hydrogen-bond acceptors (Lipinski definition) is 3. The van der Waals surface area contributed by atoms with Gasteiger partial charge in [0.2, 0.25) is 0 Å². The van der Waals surface area contributed by atoms with Crippen molar-refractivity contribution in [2.75, 3.05) is 0 Å². The molecule has 0 radical (unpaired) electrons. The SMILES string of the molecule is c1ccc(-c2nc(-c3ccccc3)n(-c3ccc4c5ccccc5n(-c5cccc(-n6c7ccccc7c7ccc8oc9ccccc9c8c76)c5)c4c3)n2)cc1. The van der Waals surface area contributed by atoms with Crippen molar-refractivity contribution in [2.24, 2.45) is 0 Å². The number of benzene rings is 8. The van der Waals surface area contributed by atoms with Gasteiger partial charge in [-0.1, -0.05) is 127 Å². The summed E-state index contributed by atoms with van der Waals surface area (Å²) in [6.07, 6.45) is 0. The zero-order valence-electron chi connectivity index (χ0n) is 30.0. The second-order valence-electron chi connectivity index (χ2n) is 14.3. The van der Waals surface area contributed by atoms with Crippen LogP contribution in [0.5, 0.6) is 0 Å². The standard InChI is InChI=1S/C50H31N5O/c1-3-14-32(15-4-1)49-51-50(33-16-5-2-6-17-33)55(52-49)36-26-27-39-37-20-7-10-23-42(37)53(44(39)31-36)34-18-13-19-35(30-34)54-43-24-11-8-21-38(43)40-28-29-46-47(48(40)54)41-22-9-12-25-45(41)56-46/h1-31H. The van der Waals surface area contributed by atoms with Gasteiger partial charge < -0.3 is 13.6 Å². The van der Waals surface area contributed by atoms with Gasteiger partial charge >= 0.3 is 0 Å². The fourth-order valence-electron chi connectivity index (χ4n) is 8.65. The maximum atomic E-state index is 6.41. The van der Waals surface area contributed by atoms with Gasteiger partial charge in [-0.15, -0.1) is 5.10 Å². The molecule has 0 amide bonds. The van der Waals surface area contributed by atoms with Crippen molar-refractivity contribution in [1.82, 2.24) is 23.9 Å². The summed E-state index contributed by atoms with van der Waals surface area (Å²) in [5.41, 5.74) is 11.3. The molecule has 0 aliphatic carbocycles. The van der Waals surface area contributed by atoms with E-state index in [4.69, 9.17) is 14.5 Å². The van der Waals surface area contributed by atoms with Gasteiger partial charge in [0, 0.05) is 49.4 Å². The molecule has 0 spiro atoms. The average molecular weight is 718 g/mol. The Balaban J connectivity index is 1.11. The molecule has 56 heavy (non-hydrogen) atoms. The predicted molar refractivity (Wildman–Crippen MR) is 228 cm³/mol. The molecule has 262 valence electrons. The summed E-state index contributed by atoms with van der Waals surface area (Å²) in [5.74, 6) is 1.47. The summed E-state index contributed by atoms with van der Waals surface area (Å²) in [6.45, 7) is 0. The topological polar surface area (TPSA) is 53.7 Å². The van der Waals surface area contributed by atoms with Gasteiger partial charge in [0.25, 0.3) is 0 Å². The molecule has 0 saturated carbocycles. The maximum absolute atomic E-state index is 6.41. The Morgan fingerprint density at radius 1 is 0.393 bits per heavy atom. The lowest BCUT2D eigenvalue weighted by atomic mass is 10.1. The summed E-state index contributed by atoms with van der Waals surface area (Å²) in [4.78, 5) is 5.09. The number of nitrogens with zero attached hydrogens (tertiary/aromatic N) is 5. The van der Waals surface area contributed by atoms with E-state index in [1.807, 2.05) is 47.1 Å². The molecule has 0 saturated heterocycles. The van der Waals surface area contributed by atoms with Crippen molar-refractivity contribution in [1.29, 1.82) is 0 Å². The molecule has 0 fully saturated rings. The van der Waals surface area contributed by atoms with Crippen LogP contribution in [-0.2, 0) is 0 Å². The van der Waals surface area contributed by atoms with Crippen LogP contribution in [0.4, 0.5) is 0 Å². The van der Waals surface area contributed by atoms with Crippen LogP contribution < -0.4 is 0 Å². The minimum absolute atomic E-state index is 0.684. The molecule has 12 aromatic rings. The third-order valence-electron chi connectivity index (χ3n) is 11.1. The van der Waals surface area contributed by atoms with Crippen molar-refractivity contribution in [3.05, 3.63) is 188 Å². The number of aromatic nitrogens is 5. The van der Waals surface area contributed by atoms with Crippen molar-refractivity contribution in [3.8, 4) is 39.8 Å². The summed E-state index contributed by atoms with van der Waals surface area (Å²) in [5, 5.41) is 12.1. The molecule has 4 heterocycles. The quantitative estimate of drug-likeness (QED) is 0.178.